The molecule has 1 amide bonds. The van der Waals surface area contributed by atoms with Crippen LogP contribution < -0.4 is 14.8 Å². The summed E-state index contributed by atoms with van der Waals surface area (Å²) < 4.78 is 10.8. The number of nitrogens with one attached hydrogen (secondary N) is 1. The highest BCUT2D eigenvalue weighted by Gasteiger charge is 2.19. The van der Waals surface area contributed by atoms with E-state index in [2.05, 4.69) is 5.32 Å². The normalized spacial score (nSPS) is 14.1. The largest absolute Gasteiger partial charge is 0.489 e. The molecule has 1 aromatic carbocycles. The molecule has 0 aromatic heterocycles. The fraction of sp³-hybridized carbons (Fsp3) is 0.364. The predicted octanol–water partition coefficient (Wildman–Crippen LogP) is 2.46. The number of hydrogen-bond donors (Lipinski definition) is 1. The molecular weight excluding hydrogens is 230 g/mol. The van der Waals surface area contributed by atoms with Crippen LogP contribution in [0.15, 0.2) is 12.1 Å². The van der Waals surface area contributed by atoms with E-state index in [4.69, 9.17) is 21.1 Å². The van der Waals surface area contributed by atoms with Gasteiger partial charge in [0.15, 0.2) is 6.61 Å². The highest BCUT2D eigenvalue weighted by molar-refractivity contribution is 6.32. The van der Waals surface area contributed by atoms with E-state index >= 15 is 0 Å². The van der Waals surface area contributed by atoms with Crippen LogP contribution in [-0.4, -0.2) is 18.6 Å². The molecule has 0 saturated carbocycles. The maximum Gasteiger partial charge on any atom is 0.262 e. The van der Waals surface area contributed by atoms with Gasteiger partial charge in [0.05, 0.1) is 16.8 Å². The van der Waals surface area contributed by atoms with Crippen LogP contribution in [-0.2, 0) is 4.79 Å². The van der Waals surface area contributed by atoms with Crippen molar-refractivity contribution < 1.29 is 14.3 Å². The quantitative estimate of drug-likeness (QED) is 0.865. The van der Waals surface area contributed by atoms with Gasteiger partial charge in [-0.05, 0) is 19.9 Å². The number of carbonyl (C=O) groups is 1. The summed E-state index contributed by atoms with van der Waals surface area (Å²) in [5.41, 5.74) is 0.581. The molecule has 1 aliphatic rings. The molecule has 0 atom stereocenters. The van der Waals surface area contributed by atoms with Gasteiger partial charge in [-0.25, -0.2) is 0 Å². The molecule has 0 aliphatic carbocycles. The summed E-state index contributed by atoms with van der Waals surface area (Å²) in [5.74, 6) is 0.965. The van der Waals surface area contributed by atoms with Crippen molar-refractivity contribution >= 4 is 23.2 Å². The second kappa shape index (κ2) is 4.22. The van der Waals surface area contributed by atoms with E-state index in [1.165, 1.54) is 0 Å². The number of benzene rings is 1. The zero-order valence-corrected chi connectivity index (χ0v) is 9.80. The lowest BCUT2D eigenvalue weighted by atomic mass is 10.2. The van der Waals surface area contributed by atoms with E-state index in [9.17, 15) is 4.79 Å². The Bertz CT molecular complexity index is 431. The van der Waals surface area contributed by atoms with Crippen LogP contribution in [0.25, 0.3) is 0 Å². The average molecular weight is 242 g/mol. The molecule has 2 rings (SSSR count). The number of amides is 1. The predicted molar refractivity (Wildman–Crippen MR) is 61.3 cm³/mol. The first-order valence-electron chi connectivity index (χ1n) is 4.99. The number of ether oxygens (including phenoxy) is 2. The maximum atomic E-state index is 11.1. The second-order valence-corrected chi connectivity index (χ2v) is 4.19. The molecule has 4 nitrogen and oxygen atoms in total. The van der Waals surface area contributed by atoms with E-state index in [-0.39, 0.29) is 18.6 Å². The Morgan fingerprint density at radius 1 is 1.50 bits per heavy atom. The van der Waals surface area contributed by atoms with Crippen molar-refractivity contribution in [1.82, 2.24) is 0 Å². The molecule has 1 aromatic rings. The fourth-order valence-corrected chi connectivity index (χ4v) is 1.63. The molecule has 0 radical (unpaired) electrons. The molecule has 16 heavy (non-hydrogen) atoms. The van der Waals surface area contributed by atoms with Crippen molar-refractivity contribution in [2.75, 3.05) is 11.9 Å². The lowest BCUT2D eigenvalue weighted by Gasteiger charge is -2.20. The number of fused-ring (bicyclic) bond motifs is 1. The molecule has 0 bridgehead atoms. The molecule has 1 N–H and O–H groups in total. The molecule has 0 saturated heterocycles. The van der Waals surface area contributed by atoms with Crippen molar-refractivity contribution in [3.63, 3.8) is 0 Å². The zero-order chi connectivity index (χ0) is 11.7. The van der Waals surface area contributed by atoms with Crippen LogP contribution in [0.5, 0.6) is 11.5 Å². The summed E-state index contributed by atoms with van der Waals surface area (Å²) in [6.07, 6.45) is 0.0359. The zero-order valence-electron chi connectivity index (χ0n) is 9.04. The third-order valence-corrected chi connectivity index (χ3v) is 2.32. The Morgan fingerprint density at radius 2 is 2.25 bits per heavy atom. The SMILES string of the molecule is CC(C)Oc1cc2c(cc1Cl)NC(=O)CO2. The van der Waals surface area contributed by atoms with Gasteiger partial charge in [0.25, 0.3) is 5.91 Å². The summed E-state index contributed by atoms with van der Waals surface area (Å²) in [6.45, 7) is 3.85. The lowest BCUT2D eigenvalue weighted by Crippen LogP contribution is -2.25. The monoisotopic (exact) mass is 241 g/mol. The first-order chi connectivity index (χ1) is 7.56. The number of carbonyl (C=O) groups excluding carboxylic acids is 1. The minimum absolute atomic E-state index is 0.0236. The maximum absolute atomic E-state index is 11.1. The number of halogens is 1. The number of hydrogen-bond acceptors (Lipinski definition) is 3. The highest BCUT2D eigenvalue weighted by Crippen LogP contribution is 2.37. The van der Waals surface area contributed by atoms with Gasteiger partial charge < -0.3 is 14.8 Å². The van der Waals surface area contributed by atoms with Crippen molar-refractivity contribution in [2.45, 2.75) is 20.0 Å². The Morgan fingerprint density at radius 3 is 2.94 bits per heavy atom. The second-order valence-electron chi connectivity index (χ2n) is 3.78. The Kier molecular flexibility index (Phi) is 2.92. The first-order valence-corrected chi connectivity index (χ1v) is 5.37. The van der Waals surface area contributed by atoms with Gasteiger partial charge in [-0.15, -0.1) is 0 Å². The minimum Gasteiger partial charge on any atom is -0.489 e. The summed E-state index contributed by atoms with van der Waals surface area (Å²) >= 11 is 6.02. The van der Waals surface area contributed by atoms with Crippen molar-refractivity contribution in [2.24, 2.45) is 0 Å². The third kappa shape index (κ3) is 2.22. The van der Waals surface area contributed by atoms with Gasteiger partial charge in [-0.1, -0.05) is 11.6 Å². The number of anilines is 1. The highest BCUT2D eigenvalue weighted by atomic mass is 35.5. The third-order valence-electron chi connectivity index (χ3n) is 2.03. The van der Waals surface area contributed by atoms with Crippen LogP contribution in [0.2, 0.25) is 5.02 Å². The van der Waals surface area contributed by atoms with Crippen LogP contribution in [0.4, 0.5) is 5.69 Å². The van der Waals surface area contributed by atoms with E-state index in [1.54, 1.807) is 12.1 Å². The molecule has 1 aliphatic heterocycles. The van der Waals surface area contributed by atoms with E-state index in [1.807, 2.05) is 13.8 Å². The van der Waals surface area contributed by atoms with Gasteiger partial charge in [0, 0.05) is 6.07 Å². The van der Waals surface area contributed by atoms with Gasteiger partial charge in [-0.2, -0.15) is 0 Å². The molecule has 0 unspecified atom stereocenters. The minimum atomic E-state index is -0.180. The Balaban J connectivity index is 2.34. The van der Waals surface area contributed by atoms with Crippen molar-refractivity contribution in [3.05, 3.63) is 17.2 Å². The van der Waals surface area contributed by atoms with Crippen LogP contribution in [0.1, 0.15) is 13.8 Å². The molecule has 86 valence electrons. The van der Waals surface area contributed by atoms with Crippen molar-refractivity contribution in [1.29, 1.82) is 0 Å². The Hall–Kier alpha value is -1.42. The topological polar surface area (TPSA) is 47.6 Å². The summed E-state index contributed by atoms with van der Waals surface area (Å²) in [7, 11) is 0. The number of rotatable bonds is 2. The van der Waals surface area contributed by atoms with Crippen LogP contribution >= 0.6 is 11.6 Å². The summed E-state index contributed by atoms with van der Waals surface area (Å²) in [5, 5.41) is 3.13. The standard InChI is InChI=1S/C11H12ClNO3/c1-6(2)16-9-4-10-8(3-7(9)12)13-11(14)5-15-10/h3-4,6H,5H2,1-2H3,(H,13,14). The smallest absolute Gasteiger partial charge is 0.262 e. The van der Waals surface area contributed by atoms with Crippen molar-refractivity contribution in [3.8, 4) is 11.5 Å². The molecule has 0 fully saturated rings. The molecule has 1 heterocycles. The van der Waals surface area contributed by atoms with Gasteiger partial charge in [0.2, 0.25) is 0 Å². The lowest BCUT2D eigenvalue weighted by molar-refractivity contribution is -0.118. The van der Waals surface area contributed by atoms with E-state index in [0.717, 1.165) is 0 Å². The molecule has 0 spiro atoms. The van der Waals surface area contributed by atoms with E-state index in [0.29, 0.717) is 22.2 Å². The summed E-state index contributed by atoms with van der Waals surface area (Å²) in [4.78, 5) is 11.1. The Labute approximate surface area is 98.5 Å². The van der Waals surface area contributed by atoms with Crippen LogP contribution in [0.3, 0.4) is 0 Å². The molecule has 5 heteroatoms. The van der Waals surface area contributed by atoms with Gasteiger partial charge in [0.1, 0.15) is 11.5 Å². The first kappa shape index (κ1) is 11.1. The summed E-state index contributed by atoms with van der Waals surface area (Å²) in [6, 6.07) is 3.32. The average Bonchev–Trinajstić information content (AvgIpc) is 2.19. The van der Waals surface area contributed by atoms with Crippen LogP contribution in [0, 0.1) is 0 Å². The van der Waals surface area contributed by atoms with Gasteiger partial charge >= 0.3 is 0 Å². The fourth-order valence-electron chi connectivity index (χ4n) is 1.43. The van der Waals surface area contributed by atoms with E-state index < -0.39 is 0 Å². The molecular formula is C11H12ClNO3. The van der Waals surface area contributed by atoms with Gasteiger partial charge in [-0.3, -0.25) is 4.79 Å².